The van der Waals surface area contributed by atoms with Crippen LogP contribution in [0.5, 0.6) is 0 Å². The van der Waals surface area contributed by atoms with Gasteiger partial charge in [0.25, 0.3) is 0 Å². The number of amides is 1. The van der Waals surface area contributed by atoms with Crippen LogP contribution < -0.4 is 0 Å². The average Bonchev–Trinajstić information content (AvgIpc) is 2.64. The number of rotatable bonds is 2. The van der Waals surface area contributed by atoms with Gasteiger partial charge in [-0.15, -0.1) is 0 Å². The van der Waals surface area contributed by atoms with Gasteiger partial charge in [0.1, 0.15) is 0 Å². The number of nitrogens with zero attached hydrogens (tertiary/aromatic N) is 2. The Balaban J connectivity index is 2.33. The van der Waals surface area contributed by atoms with Crippen LogP contribution in [0, 0.1) is 11.5 Å². The van der Waals surface area contributed by atoms with Crippen LogP contribution in [0.2, 0.25) is 0 Å². The van der Waals surface area contributed by atoms with E-state index in [2.05, 4.69) is 0 Å². The number of carbonyl (C=O) groups is 1. The molecule has 1 rings (SSSR count). The number of nitriles is 1. The first kappa shape index (κ1) is 7.03. The summed E-state index contributed by atoms with van der Waals surface area (Å²) >= 11 is 0. The Morgan fingerprint density at radius 2 is 2.60 bits per heavy atom. The summed E-state index contributed by atoms with van der Waals surface area (Å²) in [5, 5.41) is 8.37. The van der Waals surface area contributed by atoms with E-state index in [1.165, 1.54) is 6.92 Å². The molecule has 1 unspecified atom stereocenters. The molecule has 0 aromatic rings. The highest BCUT2D eigenvalue weighted by molar-refractivity contribution is 5.74. The summed E-state index contributed by atoms with van der Waals surface area (Å²) in [6, 6.07) is 0. The van der Waals surface area contributed by atoms with Gasteiger partial charge in [0.15, 0.2) is 6.19 Å². The minimum Gasteiger partial charge on any atom is -0.371 e. The van der Waals surface area contributed by atoms with E-state index < -0.39 is 0 Å². The van der Waals surface area contributed by atoms with Crippen molar-refractivity contribution in [3.05, 3.63) is 0 Å². The molecule has 54 valence electrons. The molecule has 0 bridgehead atoms. The summed E-state index contributed by atoms with van der Waals surface area (Å²) in [6.07, 6.45) is 1.88. The van der Waals surface area contributed by atoms with Crippen molar-refractivity contribution in [3.8, 4) is 6.19 Å². The quantitative estimate of drug-likeness (QED) is 0.301. The van der Waals surface area contributed by atoms with Crippen molar-refractivity contribution < 1.29 is 9.53 Å². The number of carbonyl (C=O) groups excluding carboxylic acids is 1. The van der Waals surface area contributed by atoms with Crippen molar-refractivity contribution >= 4 is 5.91 Å². The predicted octanol–water partition coefficient (Wildman–Crippen LogP) is -0.285. The number of hydrogen-bond donors (Lipinski definition) is 0. The molecule has 0 aliphatic carbocycles. The van der Waals surface area contributed by atoms with E-state index in [0.29, 0.717) is 13.2 Å². The summed E-state index contributed by atoms with van der Waals surface area (Å²) in [4.78, 5) is 11.7. The third-order valence-corrected chi connectivity index (χ3v) is 1.29. The molecule has 0 radical (unpaired) electrons. The van der Waals surface area contributed by atoms with Gasteiger partial charge in [-0.2, -0.15) is 5.26 Å². The summed E-state index contributed by atoms with van der Waals surface area (Å²) in [7, 11) is 0. The zero-order valence-corrected chi connectivity index (χ0v) is 5.70. The first-order chi connectivity index (χ1) is 4.74. The van der Waals surface area contributed by atoms with Gasteiger partial charge in [-0.25, -0.2) is 4.90 Å². The van der Waals surface area contributed by atoms with Crippen LogP contribution in [0.15, 0.2) is 0 Å². The molecule has 0 spiro atoms. The second kappa shape index (κ2) is 2.67. The van der Waals surface area contributed by atoms with Gasteiger partial charge in [0.05, 0.1) is 19.3 Å². The fraction of sp³-hybridized carbons (Fsp3) is 0.667. The maximum Gasteiger partial charge on any atom is 0.232 e. The molecule has 1 atom stereocenters. The zero-order valence-electron chi connectivity index (χ0n) is 5.70. The van der Waals surface area contributed by atoms with Crippen LogP contribution in [-0.4, -0.2) is 30.1 Å². The number of epoxide rings is 1. The van der Waals surface area contributed by atoms with Gasteiger partial charge >= 0.3 is 0 Å². The van der Waals surface area contributed by atoms with Crippen LogP contribution >= 0.6 is 0 Å². The topological polar surface area (TPSA) is 56.6 Å². The largest absolute Gasteiger partial charge is 0.371 e. The van der Waals surface area contributed by atoms with Gasteiger partial charge in [-0.3, -0.25) is 4.79 Å². The molecule has 10 heavy (non-hydrogen) atoms. The lowest BCUT2D eigenvalue weighted by Gasteiger charge is -2.07. The molecule has 4 heteroatoms. The van der Waals surface area contributed by atoms with Crippen LogP contribution in [0.4, 0.5) is 0 Å². The molecule has 0 aromatic heterocycles. The maximum absolute atomic E-state index is 10.6. The SMILES string of the molecule is CC(=O)N(C#N)CC1CO1. The maximum atomic E-state index is 10.6. The van der Waals surface area contributed by atoms with Crippen molar-refractivity contribution in [2.24, 2.45) is 0 Å². The highest BCUT2D eigenvalue weighted by Crippen LogP contribution is 2.09. The summed E-state index contributed by atoms with van der Waals surface area (Å²) in [6.45, 7) is 2.45. The fourth-order valence-electron chi connectivity index (χ4n) is 0.617. The van der Waals surface area contributed by atoms with E-state index in [1.807, 2.05) is 0 Å². The lowest BCUT2D eigenvalue weighted by atomic mass is 10.4. The Kier molecular flexibility index (Phi) is 1.88. The molecule has 1 saturated heterocycles. The van der Waals surface area contributed by atoms with E-state index >= 15 is 0 Å². The van der Waals surface area contributed by atoms with Gasteiger partial charge in [-0.05, 0) is 0 Å². The number of hydrogen-bond acceptors (Lipinski definition) is 3. The molecular weight excluding hydrogens is 132 g/mol. The van der Waals surface area contributed by atoms with Crippen molar-refractivity contribution in [1.82, 2.24) is 4.90 Å². The lowest BCUT2D eigenvalue weighted by Crippen LogP contribution is -2.27. The van der Waals surface area contributed by atoms with Gasteiger partial charge in [0.2, 0.25) is 5.91 Å². The van der Waals surface area contributed by atoms with Crippen LogP contribution in [0.3, 0.4) is 0 Å². The van der Waals surface area contributed by atoms with Gasteiger partial charge in [-0.1, -0.05) is 0 Å². The number of ether oxygens (including phenoxy) is 1. The first-order valence-corrected chi connectivity index (χ1v) is 3.03. The standard InChI is InChI=1S/C6H8N2O2/c1-5(9)8(4-7)2-6-3-10-6/h6H,2-3H2,1H3. The Hall–Kier alpha value is -1.08. The fourth-order valence-corrected chi connectivity index (χ4v) is 0.617. The van der Waals surface area contributed by atoms with Crippen molar-refractivity contribution in [3.63, 3.8) is 0 Å². The third kappa shape index (κ3) is 1.71. The van der Waals surface area contributed by atoms with E-state index in [9.17, 15) is 4.79 Å². The van der Waals surface area contributed by atoms with Crippen molar-refractivity contribution in [2.45, 2.75) is 13.0 Å². The van der Waals surface area contributed by atoms with Gasteiger partial charge < -0.3 is 4.74 Å². The second-order valence-electron chi connectivity index (χ2n) is 2.18. The molecule has 0 N–H and O–H groups in total. The monoisotopic (exact) mass is 140 g/mol. The normalized spacial score (nSPS) is 21.4. The predicted molar refractivity (Wildman–Crippen MR) is 32.7 cm³/mol. The molecule has 1 fully saturated rings. The first-order valence-electron chi connectivity index (χ1n) is 3.03. The highest BCUT2D eigenvalue weighted by Gasteiger charge is 2.26. The Morgan fingerprint density at radius 1 is 2.00 bits per heavy atom. The van der Waals surface area contributed by atoms with Crippen molar-refractivity contribution in [1.29, 1.82) is 5.26 Å². The lowest BCUT2D eigenvalue weighted by molar-refractivity contribution is -0.126. The minimum absolute atomic E-state index is 0.101. The molecule has 1 amide bonds. The van der Waals surface area contributed by atoms with E-state index in [4.69, 9.17) is 10.00 Å². The average molecular weight is 140 g/mol. The Bertz CT molecular complexity index is 181. The van der Waals surface area contributed by atoms with E-state index in [1.54, 1.807) is 6.19 Å². The summed E-state index contributed by atoms with van der Waals surface area (Å²) < 4.78 is 4.85. The van der Waals surface area contributed by atoms with Crippen LogP contribution in [0.25, 0.3) is 0 Å². The molecular formula is C6H8N2O2. The molecule has 1 aliphatic heterocycles. The van der Waals surface area contributed by atoms with Crippen LogP contribution in [0.1, 0.15) is 6.92 Å². The smallest absolute Gasteiger partial charge is 0.232 e. The summed E-state index contributed by atoms with van der Waals surface area (Å²) in [5.74, 6) is -0.224. The highest BCUT2D eigenvalue weighted by atomic mass is 16.6. The zero-order chi connectivity index (χ0) is 7.56. The molecule has 4 nitrogen and oxygen atoms in total. The molecule has 0 aromatic carbocycles. The Labute approximate surface area is 59.0 Å². The second-order valence-corrected chi connectivity index (χ2v) is 2.18. The van der Waals surface area contributed by atoms with Crippen molar-refractivity contribution in [2.75, 3.05) is 13.2 Å². The van der Waals surface area contributed by atoms with Gasteiger partial charge in [0, 0.05) is 6.92 Å². The molecule has 0 saturated carbocycles. The Morgan fingerprint density at radius 3 is 2.90 bits per heavy atom. The summed E-state index contributed by atoms with van der Waals surface area (Å²) in [5.41, 5.74) is 0. The minimum atomic E-state index is -0.224. The van der Waals surface area contributed by atoms with E-state index in [-0.39, 0.29) is 12.0 Å². The molecule has 1 heterocycles. The third-order valence-electron chi connectivity index (χ3n) is 1.29. The molecule has 1 aliphatic rings. The van der Waals surface area contributed by atoms with Crippen LogP contribution in [-0.2, 0) is 9.53 Å². The van der Waals surface area contributed by atoms with E-state index in [0.717, 1.165) is 4.90 Å².